The first kappa shape index (κ1) is 15.3. The van der Waals surface area contributed by atoms with E-state index < -0.39 is 12.8 Å². The number of rotatable bonds is 1. The van der Waals surface area contributed by atoms with Gasteiger partial charge in [0.2, 0.25) is 0 Å². The predicted molar refractivity (Wildman–Crippen MR) is 88.9 cm³/mol. The first-order valence-corrected chi connectivity index (χ1v) is 7.43. The molecule has 2 heterocycles. The molecule has 0 radical (unpaired) electrons. The molecule has 0 amide bonds. The van der Waals surface area contributed by atoms with Gasteiger partial charge in [-0.2, -0.15) is 0 Å². The average molecular weight is 302 g/mol. The van der Waals surface area contributed by atoms with Gasteiger partial charge >= 0.3 is 7.12 Å². The molecule has 1 saturated heterocycles. The van der Waals surface area contributed by atoms with Crippen molar-refractivity contribution in [2.24, 2.45) is 16.5 Å². The largest absolute Gasteiger partial charge is 0.494 e. The molecule has 1 aromatic rings. The van der Waals surface area contributed by atoms with Crippen molar-refractivity contribution < 1.29 is 9.31 Å². The summed E-state index contributed by atoms with van der Waals surface area (Å²) in [5.74, 6) is 0.309. The molecular weight excluding hydrogens is 279 g/mol. The Morgan fingerprint density at radius 3 is 2.27 bits per heavy atom. The Balaban J connectivity index is 1.96. The molecule has 0 aromatic heterocycles. The molecule has 22 heavy (non-hydrogen) atoms. The Bertz CT molecular complexity index is 639. The molecule has 0 aliphatic carbocycles. The molecule has 7 heteroatoms. The second kappa shape index (κ2) is 4.47. The number of benzene rings is 1. The van der Waals surface area contributed by atoms with Gasteiger partial charge in [0, 0.05) is 11.3 Å². The van der Waals surface area contributed by atoms with E-state index in [0.717, 1.165) is 16.7 Å². The van der Waals surface area contributed by atoms with Gasteiger partial charge in [-0.3, -0.25) is 0 Å². The van der Waals surface area contributed by atoms with Crippen molar-refractivity contribution in [3.63, 3.8) is 0 Å². The van der Waals surface area contributed by atoms with Gasteiger partial charge in [-0.1, -0.05) is 12.1 Å². The Kier molecular flexibility index (Phi) is 3.12. The van der Waals surface area contributed by atoms with Crippen LogP contribution in [0.1, 0.15) is 40.2 Å². The van der Waals surface area contributed by atoms with Crippen molar-refractivity contribution in [3.05, 3.63) is 23.8 Å². The summed E-state index contributed by atoms with van der Waals surface area (Å²) in [6, 6.07) is 5.87. The van der Waals surface area contributed by atoms with Crippen LogP contribution in [-0.2, 0) is 15.0 Å². The number of guanidine groups is 1. The minimum Gasteiger partial charge on any atom is -0.399 e. The summed E-state index contributed by atoms with van der Waals surface area (Å²) in [5.41, 5.74) is 13.1. The maximum Gasteiger partial charge on any atom is 0.494 e. The van der Waals surface area contributed by atoms with Crippen LogP contribution in [0.5, 0.6) is 0 Å². The topological polar surface area (TPSA) is 94.9 Å². The van der Waals surface area contributed by atoms with E-state index in [9.17, 15) is 0 Å². The number of anilines is 1. The summed E-state index contributed by atoms with van der Waals surface area (Å²) in [7, 11) is -0.416. The summed E-state index contributed by atoms with van der Waals surface area (Å²) in [4.78, 5) is 4.23. The zero-order chi connectivity index (χ0) is 16.3. The van der Waals surface area contributed by atoms with E-state index in [-0.39, 0.29) is 11.2 Å². The molecule has 2 aliphatic heterocycles. The van der Waals surface area contributed by atoms with Gasteiger partial charge in [-0.05, 0) is 46.1 Å². The van der Waals surface area contributed by atoms with Crippen LogP contribution in [-0.4, -0.2) is 24.3 Å². The Labute approximate surface area is 131 Å². The third-order valence-electron chi connectivity index (χ3n) is 4.73. The van der Waals surface area contributed by atoms with Crippen molar-refractivity contribution in [1.29, 1.82) is 0 Å². The van der Waals surface area contributed by atoms with Crippen LogP contribution in [0.4, 0.5) is 5.69 Å². The number of fused-ring (bicyclic) bond motifs is 1. The highest BCUT2D eigenvalue weighted by Gasteiger charge is 2.51. The van der Waals surface area contributed by atoms with E-state index in [4.69, 9.17) is 20.8 Å². The van der Waals surface area contributed by atoms with E-state index in [1.807, 2.05) is 52.8 Å². The predicted octanol–water partition coefficient (Wildman–Crippen LogP) is 0.857. The van der Waals surface area contributed by atoms with E-state index in [1.165, 1.54) is 0 Å². The molecule has 118 valence electrons. The lowest BCUT2D eigenvalue weighted by Crippen LogP contribution is -2.42. The van der Waals surface area contributed by atoms with Crippen LogP contribution in [0, 0.1) is 0 Å². The fraction of sp³-hybridized carbons (Fsp3) is 0.533. The average Bonchev–Trinajstić information content (AvgIpc) is 2.56. The molecule has 6 nitrogen and oxygen atoms in total. The highest BCUT2D eigenvalue weighted by atomic mass is 16.7. The Morgan fingerprint density at radius 1 is 1.09 bits per heavy atom. The smallest absolute Gasteiger partial charge is 0.399 e. The van der Waals surface area contributed by atoms with Gasteiger partial charge in [-0.25, -0.2) is 4.99 Å². The van der Waals surface area contributed by atoms with E-state index in [0.29, 0.717) is 5.96 Å². The molecule has 2 aliphatic rings. The zero-order valence-corrected chi connectivity index (χ0v) is 13.7. The molecular formula is C15H23BN4O2. The Hall–Kier alpha value is -1.57. The fourth-order valence-electron chi connectivity index (χ4n) is 2.71. The number of hydrogen-bond donors (Lipinski definition) is 3. The maximum atomic E-state index is 6.20. The van der Waals surface area contributed by atoms with Crippen LogP contribution in [0.3, 0.4) is 0 Å². The molecule has 0 bridgehead atoms. The Morgan fingerprint density at radius 2 is 1.68 bits per heavy atom. The molecule has 0 spiro atoms. The van der Waals surface area contributed by atoms with Crippen LogP contribution in [0.2, 0.25) is 0 Å². The molecule has 3 rings (SSSR count). The first-order valence-electron chi connectivity index (χ1n) is 7.43. The van der Waals surface area contributed by atoms with Crippen LogP contribution in [0.25, 0.3) is 0 Å². The van der Waals surface area contributed by atoms with E-state index in [2.05, 4.69) is 10.3 Å². The van der Waals surface area contributed by atoms with Crippen molar-refractivity contribution in [1.82, 2.24) is 0 Å². The van der Waals surface area contributed by atoms with Crippen molar-refractivity contribution in [3.8, 4) is 0 Å². The van der Waals surface area contributed by atoms with Crippen LogP contribution >= 0.6 is 0 Å². The molecule has 1 atom stereocenters. The normalized spacial score (nSPS) is 28.8. The second-order valence-corrected chi connectivity index (χ2v) is 7.16. The van der Waals surface area contributed by atoms with Gasteiger partial charge in [0.15, 0.2) is 5.96 Å². The second-order valence-electron chi connectivity index (χ2n) is 7.16. The van der Waals surface area contributed by atoms with Crippen molar-refractivity contribution in [2.45, 2.75) is 51.5 Å². The summed E-state index contributed by atoms with van der Waals surface area (Å²) in [5, 5.41) is 3.06. The standard InChI is InChI=1S/C15H23BN4O2/c1-13(2)14(3,4)22-16(21-13)9-6-7-10-11(8-9)19-12(17)20-15(10,5)18/h6-8H,18H2,1-5H3,(H3,17,19,20). The minimum atomic E-state index is -0.834. The number of nitrogens with zero attached hydrogens (tertiary/aromatic N) is 1. The summed E-state index contributed by atoms with van der Waals surface area (Å²) < 4.78 is 12.2. The van der Waals surface area contributed by atoms with E-state index >= 15 is 0 Å². The van der Waals surface area contributed by atoms with Crippen LogP contribution < -0.4 is 22.2 Å². The summed E-state index contributed by atoms with van der Waals surface area (Å²) >= 11 is 0. The lowest BCUT2D eigenvalue weighted by Gasteiger charge is -2.32. The molecule has 1 unspecified atom stereocenters. The molecule has 5 N–H and O–H groups in total. The molecule has 1 aromatic carbocycles. The van der Waals surface area contributed by atoms with E-state index in [1.54, 1.807) is 0 Å². The van der Waals surface area contributed by atoms with Gasteiger partial charge in [-0.15, -0.1) is 0 Å². The fourth-order valence-corrected chi connectivity index (χ4v) is 2.71. The van der Waals surface area contributed by atoms with Crippen molar-refractivity contribution >= 4 is 24.2 Å². The van der Waals surface area contributed by atoms with Crippen molar-refractivity contribution in [2.75, 3.05) is 5.32 Å². The number of nitrogens with one attached hydrogen (secondary N) is 1. The highest BCUT2D eigenvalue weighted by Crippen LogP contribution is 2.37. The number of nitrogens with two attached hydrogens (primary N) is 2. The van der Waals surface area contributed by atoms with Gasteiger partial charge < -0.3 is 26.1 Å². The zero-order valence-electron chi connectivity index (χ0n) is 13.7. The minimum absolute atomic E-state index is 0.309. The summed E-state index contributed by atoms with van der Waals surface area (Å²) in [6.07, 6.45) is 0. The third-order valence-corrected chi connectivity index (χ3v) is 4.73. The first-order chi connectivity index (χ1) is 10.0. The lowest BCUT2D eigenvalue weighted by atomic mass is 9.77. The SMILES string of the molecule is CC1(N)N=C(N)Nc2cc(B3OC(C)(C)C(C)(C)O3)ccc21. The monoisotopic (exact) mass is 302 g/mol. The van der Waals surface area contributed by atoms with Crippen LogP contribution in [0.15, 0.2) is 23.2 Å². The lowest BCUT2D eigenvalue weighted by molar-refractivity contribution is 0.00578. The van der Waals surface area contributed by atoms with Gasteiger partial charge in [0.25, 0.3) is 0 Å². The van der Waals surface area contributed by atoms with Gasteiger partial charge in [0.1, 0.15) is 5.66 Å². The quantitative estimate of drug-likeness (QED) is 0.669. The van der Waals surface area contributed by atoms with Gasteiger partial charge in [0.05, 0.1) is 11.2 Å². The highest BCUT2D eigenvalue weighted by molar-refractivity contribution is 6.62. The number of hydrogen-bond acceptors (Lipinski definition) is 6. The number of aliphatic imine (C=N–C) groups is 1. The molecule has 1 fully saturated rings. The summed E-state index contributed by atoms with van der Waals surface area (Å²) in [6.45, 7) is 9.96. The molecule has 0 saturated carbocycles. The maximum absolute atomic E-state index is 6.20. The third kappa shape index (κ3) is 2.29.